The zero-order valence-corrected chi connectivity index (χ0v) is 14.6. The molecule has 0 saturated carbocycles. The molecule has 0 aliphatic carbocycles. The van der Waals surface area contributed by atoms with Crippen LogP contribution in [0.4, 0.5) is 0 Å². The van der Waals surface area contributed by atoms with Crippen LogP contribution in [0.3, 0.4) is 0 Å². The van der Waals surface area contributed by atoms with E-state index < -0.39 is 0 Å². The number of benzene rings is 2. The summed E-state index contributed by atoms with van der Waals surface area (Å²) in [6.07, 6.45) is 0.682. The minimum Gasteiger partial charge on any atom is -0.379 e. The van der Waals surface area contributed by atoms with Crippen molar-refractivity contribution in [2.24, 2.45) is 0 Å². The summed E-state index contributed by atoms with van der Waals surface area (Å²) >= 11 is 0. The molecule has 1 N–H and O–H groups in total. The maximum absolute atomic E-state index is 13.2. The van der Waals surface area contributed by atoms with Gasteiger partial charge in [0.05, 0.1) is 18.6 Å². The highest BCUT2D eigenvalue weighted by Gasteiger charge is 2.31. The first-order valence-electron chi connectivity index (χ1n) is 8.89. The van der Waals surface area contributed by atoms with Gasteiger partial charge >= 0.3 is 0 Å². The molecule has 25 heavy (non-hydrogen) atoms. The Labute approximate surface area is 149 Å². The minimum atomic E-state index is -0.326. The van der Waals surface area contributed by atoms with Gasteiger partial charge in [0.25, 0.3) is 0 Å². The molecule has 0 aromatic heterocycles. The molecule has 4 heteroatoms. The van der Waals surface area contributed by atoms with Crippen molar-refractivity contribution in [2.45, 2.75) is 31.4 Å². The van der Waals surface area contributed by atoms with Crippen LogP contribution in [0.2, 0.25) is 0 Å². The second-order valence-corrected chi connectivity index (χ2v) is 6.23. The lowest BCUT2D eigenvalue weighted by molar-refractivity contribution is -0.126. The van der Waals surface area contributed by atoms with E-state index in [1.54, 1.807) is 0 Å². The highest BCUT2D eigenvalue weighted by molar-refractivity contribution is 5.87. The molecule has 2 aromatic carbocycles. The predicted octanol–water partition coefficient (Wildman–Crippen LogP) is 3.13. The van der Waals surface area contributed by atoms with E-state index in [4.69, 9.17) is 9.47 Å². The van der Waals surface area contributed by atoms with Gasteiger partial charge in [-0.05, 0) is 24.5 Å². The van der Waals surface area contributed by atoms with Gasteiger partial charge in [0.2, 0.25) is 5.91 Å². The maximum atomic E-state index is 13.2. The topological polar surface area (TPSA) is 47.6 Å². The van der Waals surface area contributed by atoms with Crippen molar-refractivity contribution >= 4 is 5.91 Å². The smallest absolute Gasteiger partial charge is 0.232 e. The van der Waals surface area contributed by atoms with Crippen LogP contribution < -0.4 is 5.32 Å². The molecular weight excluding hydrogens is 314 g/mol. The number of hydrogen-bond acceptors (Lipinski definition) is 3. The number of nitrogens with one attached hydrogen (secondary N) is 1. The quantitative estimate of drug-likeness (QED) is 0.879. The van der Waals surface area contributed by atoms with Crippen LogP contribution in [0.25, 0.3) is 0 Å². The molecule has 4 nitrogen and oxygen atoms in total. The first kappa shape index (κ1) is 17.6. The molecule has 0 bridgehead atoms. The van der Waals surface area contributed by atoms with Crippen molar-refractivity contribution in [3.05, 3.63) is 71.8 Å². The lowest BCUT2D eigenvalue weighted by Gasteiger charge is -2.33. The zero-order chi connectivity index (χ0) is 17.5. The molecule has 132 valence electrons. The summed E-state index contributed by atoms with van der Waals surface area (Å²) in [4.78, 5) is 13.2. The second-order valence-electron chi connectivity index (χ2n) is 6.23. The van der Waals surface area contributed by atoms with Gasteiger partial charge in [0, 0.05) is 13.2 Å². The van der Waals surface area contributed by atoms with E-state index in [9.17, 15) is 4.79 Å². The van der Waals surface area contributed by atoms with E-state index in [2.05, 4.69) is 5.32 Å². The third kappa shape index (κ3) is 4.47. The number of rotatable bonds is 6. The van der Waals surface area contributed by atoms with Crippen LogP contribution in [0, 0.1) is 0 Å². The van der Waals surface area contributed by atoms with Crippen LogP contribution in [-0.2, 0) is 14.3 Å². The average Bonchev–Trinajstić information content (AvgIpc) is 2.65. The molecule has 1 fully saturated rings. The fourth-order valence-electron chi connectivity index (χ4n) is 3.31. The third-order valence-electron chi connectivity index (χ3n) is 4.54. The van der Waals surface area contributed by atoms with Gasteiger partial charge in [-0.15, -0.1) is 0 Å². The Morgan fingerprint density at radius 1 is 1.12 bits per heavy atom. The Bertz CT molecular complexity index is 618. The fourth-order valence-corrected chi connectivity index (χ4v) is 3.31. The SMILES string of the molecule is CCO[C@@H]1COCC[C@H]1NC(=O)C(c1ccccc1)c1ccccc1. The Hall–Kier alpha value is -2.17. The fraction of sp³-hybridized carbons (Fsp3) is 0.381. The van der Waals surface area contributed by atoms with Crippen molar-refractivity contribution in [1.82, 2.24) is 5.32 Å². The first-order valence-corrected chi connectivity index (χ1v) is 8.89. The van der Waals surface area contributed by atoms with Crippen LogP contribution in [-0.4, -0.2) is 37.9 Å². The van der Waals surface area contributed by atoms with E-state index in [1.165, 1.54) is 0 Å². The van der Waals surface area contributed by atoms with Gasteiger partial charge < -0.3 is 14.8 Å². The molecule has 3 rings (SSSR count). The highest BCUT2D eigenvalue weighted by Crippen LogP contribution is 2.25. The number of amides is 1. The summed E-state index contributed by atoms with van der Waals surface area (Å²) in [6, 6.07) is 19.8. The highest BCUT2D eigenvalue weighted by atomic mass is 16.5. The normalized spacial score (nSPS) is 20.4. The standard InChI is InChI=1S/C21H25NO3/c1-2-25-19-15-24-14-13-18(19)22-21(23)20(16-9-5-3-6-10-16)17-11-7-4-8-12-17/h3-12,18-20H,2,13-15H2,1H3,(H,22,23)/t18-,19-/m1/s1. The Morgan fingerprint density at radius 2 is 1.72 bits per heavy atom. The lowest BCUT2D eigenvalue weighted by Crippen LogP contribution is -2.51. The Morgan fingerprint density at radius 3 is 2.28 bits per heavy atom. The number of carbonyl (C=O) groups is 1. The second kappa shape index (κ2) is 8.79. The molecule has 1 aliphatic heterocycles. The predicted molar refractivity (Wildman–Crippen MR) is 97.5 cm³/mol. The van der Waals surface area contributed by atoms with Crippen LogP contribution in [0.1, 0.15) is 30.4 Å². The summed E-state index contributed by atoms with van der Waals surface area (Å²) in [7, 11) is 0. The van der Waals surface area contributed by atoms with Gasteiger partial charge in [-0.25, -0.2) is 0 Å². The van der Waals surface area contributed by atoms with Gasteiger partial charge in [0.15, 0.2) is 0 Å². The Balaban J connectivity index is 1.82. The van der Waals surface area contributed by atoms with Crippen molar-refractivity contribution in [2.75, 3.05) is 19.8 Å². The number of hydrogen-bond donors (Lipinski definition) is 1. The molecule has 0 unspecified atom stereocenters. The van der Waals surface area contributed by atoms with Gasteiger partial charge in [-0.2, -0.15) is 0 Å². The average molecular weight is 339 g/mol. The van der Waals surface area contributed by atoms with Crippen molar-refractivity contribution in [1.29, 1.82) is 0 Å². The summed E-state index contributed by atoms with van der Waals surface area (Å²) in [6.45, 7) is 3.75. The van der Waals surface area contributed by atoms with Crippen LogP contribution in [0.5, 0.6) is 0 Å². The van der Waals surface area contributed by atoms with E-state index in [-0.39, 0.29) is 24.0 Å². The van der Waals surface area contributed by atoms with Gasteiger partial charge in [-0.3, -0.25) is 4.79 Å². The van der Waals surface area contributed by atoms with Crippen molar-refractivity contribution in [3.8, 4) is 0 Å². The van der Waals surface area contributed by atoms with Crippen LogP contribution in [0.15, 0.2) is 60.7 Å². The number of carbonyl (C=O) groups excluding carboxylic acids is 1. The minimum absolute atomic E-state index is 0.00834. The summed E-state index contributed by atoms with van der Waals surface area (Å²) < 4.78 is 11.2. The molecule has 2 atom stereocenters. The lowest BCUT2D eigenvalue weighted by atomic mass is 9.90. The first-order chi connectivity index (χ1) is 12.3. The molecule has 2 aromatic rings. The van der Waals surface area contributed by atoms with E-state index in [0.717, 1.165) is 17.5 Å². The zero-order valence-electron chi connectivity index (χ0n) is 14.6. The van der Waals surface area contributed by atoms with Crippen molar-refractivity contribution in [3.63, 3.8) is 0 Å². The molecule has 0 spiro atoms. The van der Waals surface area contributed by atoms with Gasteiger partial charge in [0.1, 0.15) is 6.10 Å². The molecular formula is C21H25NO3. The summed E-state index contributed by atoms with van der Waals surface area (Å²) in [5.74, 6) is -0.318. The van der Waals surface area contributed by atoms with Gasteiger partial charge in [-0.1, -0.05) is 60.7 Å². The van der Waals surface area contributed by atoms with Crippen LogP contribution >= 0.6 is 0 Å². The van der Waals surface area contributed by atoms with E-state index >= 15 is 0 Å². The summed E-state index contributed by atoms with van der Waals surface area (Å²) in [5, 5.41) is 3.21. The third-order valence-corrected chi connectivity index (χ3v) is 4.54. The molecule has 1 amide bonds. The van der Waals surface area contributed by atoms with Crippen molar-refractivity contribution < 1.29 is 14.3 Å². The number of ether oxygens (including phenoxy) is 2. The molecule has 1 heterocycles. The molecule has 1 aliphatic rings. The van der Waals surface area contributed by atoms with E-state index in [1.807, 2.05) is 67.6 Å². The largest absolute Gasteiger partial charge is 0.379 e. The summed E-state index contributed by atoms with van der Waals surface area (Å²) in [5.41, 5.74) is 1.98. The monoisotopic (exact) mass is 339 g/mol. The van der Waals surface area contributed by atoms with E-state index in [0.29, 0.717) is 19.8 Å². The molecule has 0 radical (unpaired) electrons. The maximum Gasteiger partial charge on any atom is 0.232 e. The molecule has 1 saturated heterocycles. The Kier molecular flexibility index (Phi) is 6.20.